The molecule has 1 aromatic heterocycles. The molecule has 4 rings (SSSR count). The molecule has 1 N–H and O–H groups in total. The van der Waals surface area contributed by atoms with E-state index in [0.29, 0.717) is 5.92 Å². The van der Waals surface area contributed by atoms with Crippen LogP contribution in [0.4, 0.5) is 5.82 Å². The Kier molecular flexibility index (Phi) is 7.05. The Hall–Kier alpha value is -2.13. The maximum Gasteiger partial charge on any atom is 0.235 e. The number of nitrogens with one attached hydrogen (secondary N) is 1. The summed E-state index contributed by atoms with van der Waals surface area (Å²) >= 11 is 0. The number of carbonyl (C=O) groups excluding carboxylic acids is 1. The van der Waals surface area contributed by atoms with Crippen LogP contribution in [0.25, 0.3) is 11.0 Å². The van der Waals surface area contributed by atoms with E-state index in [2.05, 4.69) is 39.3 Å². The third kappa shape index (κ3) is 6.01. The highest BCUT2D eigenvalue weighted by atomic mass is 32.2. The summed E-state index contributed by atoms with van der Waals surface area (Å²) in [5.74, 6) is 0.849. The molecule has 1 saturated heterocycles. The molecule has 2 fully saturated rings. The van der Waals surface area contributed by atoms with Gasteiger partial charge in [-0.3, -0.25) is 9.69 Å². The summed E-state index contributed by atoms with van der Waals surface area (Å²) in [6.45, 7) is 7.11. The van der Waals surface area contributed by atoms with Crippen LogP contribution in [0, 0.1) is 12.8 Å². The Bertz CT molecular complexity index is 1040. The predicted molar refractivity (Wildman–Crippen MR) is 126 cm³/mol. The fraction of sp³-hybridized carbons (Fsp3) is 0.652. The van der Waals surface area contributed by atoms with Crippen molar-refractivity contribution in [3.63, 3.8) is 0 Å². The van der Waals surface area contributed by atoms with E-state index in [1.54, 1.807) is 0 Å². The highest BCUT2D eigenvalue weighted by Crippen LogP contribution is 2.29. The maximum absolute atomic E-state index is 11.8. The molecule has 1 saturated carbocycles. The molecular weight excluding hydrogens is 428 g/mol. The first-order chi connectivity index (χ1) is 15.3. The zero-order valence-electron chi connectivity index (χ0n) is 19.0. The van der Waals surface area contributed by atoms with Crippen LogP contribution in [0.15, 0.2) is 22.7 Å². The van der Waals surface area contributed by atoms with Gasteiger partial charge < -0.3 is 14.7 Å². The molecule has 176 valence electrons. The van der Waals surface area contributed by atoms with Crippen LogP contribution < -0.4 is 10.2 Å². The Morgan fingerprint density at radius 1 is 1.16 bits per heavy atom. The van der Waals surface area contributed by atoms with E-state index in [-0.39, 0.29) is 11.9 Å². The molecule has 2 heterocycles. The van der Waals surface area contributed by atoms with Crippen LogP contribution in [0.5, 0.6) is 0 Å². The summed E-state index contributed by atoms with van der Waals surface area (Å²) < 4.78 is 28.0. The lowest BCUT2D eigenvalue weighted by Gasteiger charge is -2.36. The number of carbonyl (C=O) groups is 1. The Morgan fingerprint density at radius 3 is 2.56 bits per heavy atom. The normalized spacial score (nSPS) is 22.9. The number of nitrogens with zero attached hydrogens (tertiary/aromatic N) is 3. The second kappa shape index (κ2) is 9.79. The summed E-state index contributed by atoms with van der Waals surface area (Å²) in [6.07, 6.45) is 6.33. The van der Waals surface area contributed by atoms with Gasteiger partial charge in [0, 0.05) is 38.5 Å². The van der Waals surface area contributed by atoms with Crippen molar-refractivity contribution in [2.24, 2.45) is 5.92 Å². The summed E-state index contributed by atoms with van der Waals surface area (Å²) in [5, 5.41) is 8.30. The van der Waals surface area contributed by atoms with Gasteiger partial charge in [-0.25, -0.2) is 8.42 Å². The number of aryl methyl sites for hydroxylation is 1. The summed E-state index contributed by atoms with van der Waals surface area (Å²) in [4.78, 5) is 16.7. The number of rotatable bonds is 7. The fourth-order valence-corrected chi connectivity index (χ4v) is 5.47. The van der Waals surface area contributed by atoms with Crippen LogP contribution in [0.3, 0.4) is 0 Å². The number of aromatic nitrogens is 1. The Balaban J connectivity index is 1.17. The molecule has 0 bridgehead atoms. The standard InChI is InChI=1S/C23H34N4O4S/c1-17-3-8-20-21(15-17)31-25-23(20)27-13-11-26(12-14-27)10-9-18-4-6-19(7-5-18)24-22(28)16-32(2,29)30/h3,8,15,18-19H,4-7,9-14,16H2,1-2H3,(H,24,28)/t18-,19-. The van der Waals surface area contributed by atoms with E-state index < -0.39 is 15.6 Å². The van der Waals surface area contributed by atoms with Crippen molar-refractivity contribution in [3.8, 4) is 0 Å². The van der Waals surface area contributed by atoms with Gasteiger partial charge in [0.1, 0.15) is 5.75 Å². The van der Waals surface area contributed by atoms with Crippen molar-refractivity contribution in [2.45, 2.75) is 45.1 Å². The number of fused-ring (bicyclic) bond motifs is 1. The molecule has 0 spiro atoms. The average Bonchev–Trinajstić information content (AvgIpc) is 3.15. The first-order valence-electron chi connectivity index (χ1n) is 11.6. The average molecular weight is 463 g/mol. The maximum atomic E-state index is 11.8. The molecule has 0 unspecified atom stereocenters. The van der Waals surface area contributed by atoms with Gasteiger partial charge in [-0.15, -0.1) is 0 Å². The molecule has 2 aromatic rings. The number of hydrogen-bond acceptors (Lipinski definition) is 7. The molecule has 9 heteroatoms. The third-order valence-corrected chi connectivity index (χ3v) is 7.53. The van der Waals surface area contributed by atoms with E-state index in [9.17, 15) is 13.2 Å². The number of sulfone groups is 1. The number of anilines is 1. The van der Waals surface area contributed by atoms with Gasteiger partial charge in [0.2, 0.25) is 5.91 Å². The summed E-state index contributed by atoms with van der Waals surface area (Å²) in [6, 6.07) is 6.35. The summed E-state index contributed by atoms with van der Waals surface area (Å²) in [7, 11) is -3.27. The minimum absolute atomic E-state index is 0.116. The van der Waals surface area contributed by atoms with E-state index in [4.69, 9.17) is 4.52 Å². The van der Waals surface area contributed by atoms with Crippen molar-refractivity contribution >= 4 is 32.5 Å². The van der Waals surface area contributed by atoms with E-state index in [1.165, 1.54) is 12.0 Å². The molecule has 32 heavy (non-hydrogen) atoms. The summed E-state index contributed by atoms with van der Waals surface area (Å²) in [5.41, 5.74) is 2.03. The minimum atomic E-state index is -3.27. The molecule has 2 aliphatic rings. The van der Waals surface area contributed by atoms with E-state index >= 15 is 0 Å². The van der Waals surface area contributed by atoms with Crippen molar-refractivity contribution in [3.05, 3.63) is 23.8 Å². The first-order valence-corrected chi connectivity index (χ1v) is 13.6. The SMILES string of the molecule is Cc1ccc2c(N3CCN(CC[C@H]4CC[C@H](NC(=O)CS(C)(=O)=O)CC4)CC3)noc2c1. The fourth-order valence-electron chi connectivity index (χ4n) is 4.91. The molecule has 1 aliphatic heterocycles. The smallest absolute Gasteiger partial charge is 0.235 e. The van der Waals surface area contributed by atoms with Gasteiger partial charge >= 0.3 is 0 Å². The van der Waals surface area contributed by atoms with Crippen LogP contribution in [-0.4, -0.2) is 75.2 Å². The van der Waals surface area contributed by atoms with Crippen LogP contribution in [0.2, 0.25) is 0 Å². The van der Waals surface area contributed by atoms with E-state index in [0.717, 1.165) is 81.4 Å². The van der Waals surface area contributed by atoms with Gasteiger partial charge in [-0.2, -0.15) is 0 Å². The monoisotopic (exact) mass is 462 g/mol. The molecule has 0 radical (unpaired) electrons. The molecule has 8 nitrogen and oxygen atoms in total. The van der Waals surface area contributed by atoms with E-state index in [1.807, 2.05) is 6.07 Å². The predicted octanol–water partition coefficient (Wildman–Crippen LogP) is 2.37. The number of hydrogen-bond donors (Lipinski definition) is 1. The van der Waals surface area contributed by atoms with Crippen molar-refractivity contribution in [1.29, 1.82) is 0 Å². The highest BCUT2D eigenvalue weighted by molar-refractivity contribution is 7.91. The molecule has 1 amide bonds. The molecule has 1 aliphatic carbocycles. The highest BCUT2D eigenvalue weighted by Gasteiger charge is 2.25. The molecule has 1 aromatic carbocycles. The number of piperazine rings is 1. The Labute approximate surface area is 190 Å². The van der Waals surface area contributed by atoms with Crippen molar-refractivity contribution in [2.75, 3.05) is 49.6 Å². The largest absolute Gasteiger partial charge is 0.354 e. The lowest BCUT2D eigenvalue weighted by Crippen LogP contribution is -2.47. The minimum Gasteiger partial charge on any atom is -0.354 e. The molecular formula is C23H34N4O4S. The van der Waals surface area contributed by atoms with Crippen molar-refractivity contribution < 1.29 is 17.7 Å². The number of benzene rings is 1. The van der Waals surface area contributed by atoms with Crippen LogP contribution >= 0.6 is 0 Å². The van der Waals surface area contributed by atoms with Crippen LogP contribution in [-0.2, 0) is 14.6 Å². The zero-order chi connectivity index (χ0) is 22.7. The van der Waals surface area contributed by atoms with Gasteiger partial charge in [0.25, 0.3) is 0 Å². The van der Waals surface area contributed by atoms with Gasteiger partial charge in [0.05, 0.1) is 5.39 Å². The quantitative estimate of drug-likeness (QED) is 0.675. The van der Waals surface area contributed by atoms with Crippen molar-refractivity contribution in [1.82, 2.24) is 15.4 Å². The van der Waals surface area contributed by atoms with Gasteiger partial charge in [-0.1, -0.05) is 11.2 Å². The second-order valence-corrected chi connectivity index (χ2v) is 11.6. The second-order valence-electron chi connectivity index (χ2n) is 9.48. The zero-order valence-corrected chi connectivity index (χ0v) is 19.9. The lowest BCUT2D eigenvalue weighted by molar-refractivity contribution is -0.119. The van der Waals surface area contributed by atoms with Gasteiger partial charge in [-0.05, 0) is 69.2 Å². The lowest BCUT2D eigenvalue weighted by atomic mass is 9.84. The van der Waals surface area contributed by atoms with Crippen LogP contribution in [0.1, 0.15) is 37.7 Å². The molecule has 0 atom stereocenters. The topological polar surface area (TPSA) is 95.8 Å². The third-order valence-electron chi connectivity index (χ3n) is 6.74. The first kappa shape index (κ1) is 23.0. The number of amides is 1. The van der Waals surface area contributed by atoms with Gasteiger partial charge in [0.15, 0.2) is 21.2 Å². The Morgan fingerprint density at radius 2 is 1.88 bits per heavy atom.